The van der Waals surface area contributed by atoms with Crippen LogP contribution in [0.5, 0.6) is 0 Å². The Morgan fingerprint density at radius 2 is 1.26 bits per heavy atom. The molecule has 0 spiro atoms. The number of rotatable bonds is 4. The first kappa shape index (κ1) is 18.9. The molecule has 11 heteroatoms. The van der Waals surface area contributed by atoms with E-state index < -0.39 is 74.6 Å². The van der Waals surface area contributed by atoms with Crippen molar-refractivity contribution < 1.29 is 55.1 Å². The number of aliphatic hydroxyl groups is 8. The van der Waals surface area contributed by atoms with Crippen LogP contribution in [0.1, 0.15) is 0 Å². The largest absolute Gasteiger partial charge is 0.394 e. The Morgan fingerprint density at radius 3 is 1.83 bits per heavy atom. The summed E-state index contributed by atoms with van der Waals surface area (Å²) in [5.41, 5.74) is 0. The standard InChI is InChI=1S/C12H22O11/c13-1-3-5(15)6(16)9(19)12(22-3)23-10-4(2-14)21-11(20)8(18)7(10)17/h3-20H,1-2H2/t3-,4-,5-,6+,7+,8-,9-,10-,11-,12+/m1/s1. The first-order chi connectivity index (χ1) is 10.8. The summed E-state index contributed by atoms with van der Waals surface area (Å²) in [6.45, 7) is -1.35. The molecule has 11 nitrogen and oxygen atoms in total. The van der Waals surface area contributed by atoms with Gasteiger partial charge in [-0.15, -0.1) is 0 Å². The minimum Gasteiger partial charge on any atom is -0.394 e. The van der Waals surface area contributed by atoms with E-state index in [1.54, 1.807) is 0 Å². The molecule has 0 unspecified atom stereocenters. The van der Waals surface area contributed by atoms with Gasteiger partial charge in [-0.05, 0) is 0 Å². The molecule has 0 radical (unpaired) electrons. The van der Waals surface area contributed by atoms with Crippen LogP contribution in [0.25, 0.3) is 0 Å². The summed E-state index contributed by atoms with van der Waals surface area (Å²) in [6, 6.07) is 0. The predicted octanol–water partition coefficient (Wildman–Crippen LogP) is -5.40. The maximum absolute atomic E-state index is 9.94. The van der Waals surface area contributed by atoms with Gasteiger partial charge in [0.25, 0.3) is 0 Å². The second-order valence-electron chi connectivity index (χ2n) is 5.53. The van der Waals surface area contributed by atoms with E-state index in [9.17, 15) is 35.7 Å². The van der Waals surface area contributed by atoms with Crippen LogP contribution >= 0.6 is 0 Å². The molecular weight excluding hydrogens is 320 g/mol. The molecule has 0 amide bonds. The summed E-state index contributed by atoms with van der Waals surface area (Å²) >= 11 is 0. The Kier molecular flexibility index (Phi) is 6.27. The Hall–Kier alpha value is -0.440. The molecule has 2 aliphatic heterocycles. The predicted molar refractivity (Wildman–Crippen MR) is 68.6 cm³/mol. The van der Waals surface area contributed by atoms with E-state index in [0.717, 1.165) is 0 Å². The monoisotopic (exact) mass is 342 g/mol. The van der Waals surface area contributed by atoms with Gasteiger partial charge in [-0.25, -0.2) is 0 Å². The average molecular weight is 342 g/mol. The minimum absolute atomic E-state index is 0.667. The van der Waals surface area contributed by atoms with Crippen LogP contribution in [0.2, 0.25) is 0 Å². The summed E-state index contributed by atoms with van der Waals surface area (Å²) in [5, 5.41) is 76.5. The van der Waals surface area contributed by atoms with E-state index in [1.165, 1.54) is 0 Å². The van der Waals surface area contributed by atoms with Crippen LogP contribution in [-0.2, 0) is 14.2 Å². The Balaban J connectivity index is 2.11. The average Bonchev–Trinajstić information content (AvgIpc) is 2.55. The van der Waals surface area contributed by atoms with Gasteiger partial charge in [0, 0.05) is 0 Å². The second-order valence-corrected chi connectivity index (χ2v) is 5.53. The zero-order valence-electron chi connectivity index (χ0n) is 12.0. The molecule has 0 aliphatic carbocycles. The van der Waals surface area contributed by atoms with Crippen LogP contribution in [0.4, 0.5) is 0 Å². The number of hydrogen-bond donors (Lipinski definition) is 8. The van der Waals surface area contributed by atoms with Crippen LogP contribution in [0.3, 0.4) is 0 Å². The van der Waals surface area contributed by atoms with Gasteiger partial charge in [0.15, 0.2) is 12.6 Å². The maximum atomic E-state index is 9.94. The lowest BCUT2D eigenvalue weighted by Crippen LogP contribution is -2.64. The van der Waals surface area contributed by atoms with Gasteiger partial charge >= 0.3 is 0 Å². The van der Waals surface area contributed by atoms with Crippen molar-refractivity contribution in [3.8, 4) is 0 Å². The topological polar surface area (TPSA) is 190 Å². The summed E-state index contributed by atoms with van der Waals surface area (Å²) in [6.07, 6.45) is -15.6. The summed E-state index contributed by atoms with van der Waals surface area (Å²) in [7, 11) is 0. The van der Waals surface area contributed by atoms with E-state index in [-0.39, 0.29) is 0 Å². The van der Waals surface area contributed by atoms with E-state index in [4.69, 9.17) is 19.3 Å². The molecule has 0 aromatic carbocycles. The first-order valence-corrected chi connectivity index (χ1v) is 7.08. The minimum atomic E-state index is -1.74. The summed E-state index contributed by atoms with van der Waals surface area (Å²) in [4.78, 5) is 0. The van der Waals surface area contributed by atoms with E-state index in [0.29, 0.717) is 0 Å². The lowest BCUT2D eigenvalue weighted by atomic mass is 9.97. The fourth-order valence-corrected chi connectivity index (χ4v) is 2.57. The normalized spacial score (nSPS) is 51.7. The Labute approximate surface area is 130 Å². The van der Waals surface area contributed by atoms with Gasteiger partial charge in [-0.2, -0.15) is 0 Å². The lowest BCUT2D eigenvalue weighted by Gasteiger charge is -2.45. The van der Waals surface area contributed by atoms with Crippen LogP contribution in [-0.4, -0.2) is 115 Å². The smallest absolute Gasteiger partial charge is 0.187 e. The molecule has 136 valence electrons. The molecule has 0 saturated carbocycles. The first-order valence-electron chi connectivity index (χ1n) is 7.08. The van der Waals surface area contributed by atoms with E-state index in [2.05, 4.69) is 0 Å². The second kappa shape index (κ2) is 7.63. The van der Waals surface area contributed by atoms with Gasteiger partial charge in [-0.1, -0.05) is 0 Å². The Bertz CT molecular complexity index is 378. The van der Waals surface area contributed by atoms with Gasteiger partial charge < -0.3 is 55.1 Å². The SMILES string of the molecule is OC[C@H]1O[C@@H](O[C@H]2[C@@H](O)[C@@H](O)[C@H](O)O[C@@H]2CO)[C@H](O)[C@@H](O)[C@@H]1O. The third kappa shape index (κ3) is 3.65. The third-order valence-electron chi connectivity index (χ3n) is 3.98. The third-order valence-corrected chi connectivity index (χ3v) is 3.98. The lowest BCUT2D eigenvalue weighted by molar-refractivity contribution is -0.355. The van der Waals surface area contributed by atoms with Crippen molar-refractivity contribution in [3.63, 3.8) is 0 Å². The molecule has 0 bridgehead atoms. The van der Waals surface area contributed by atoms with E-state index in [1.807, 2.05) is 0 Å². The molecule has 8 N–H and O–H groups in total. The molecule has 2 saturated heterocycles. The molecule has 0 aromatic rings. The Morgan fingerprint density at radius 1 is 0.652 bits per heavy atom. The summed E-state index contributed by atoms with van der Waals surface area (Å²) in [5.74, 6) is 0. The molecule has 2 heterocycles. The van der Waals surface area contributed by atoms with Crippen molar-refractivity contribution in [2.45, 2.75) is 61.4 Å². The molecule has 2 fully saturated rings. The molecule has 10 atom stereocenters. The van der Waals surface area contributed by atoms with Crippen molar-refractivity contribution in [2.75, 3.05) is 13.2 Å². The number of hydrogen-bond acceptors (Lipinski definition) is 11. The van der Waals surface area contributed by atoms with E-state index >= 15 is 0 Å². The number of aliphatic hydroxyl groups excluding tert-OH is 8. The fourth-order valence-electron chi connectivity index (χ4n) is 2.57. The zero-order valence-corrected chi connectivity index (χ0v) is 12.0. The van der Waals surface area contributed by atoms with Crippen LogP contribution in [0, 0.1) is 0 Å². The van der Waals surface area contributed by atoms with Crippen LogP contribution in [0.15, 0.2) is 0 Å². The molecular formula is C12H22O11. The van der Waals surface area contributed by atoms with Crippen molar-refractivity contribution in [1.29, 1.82) is 0 Å². The zero-order chi connectivity index (χ0) is 17.3. The molecule has 23 heavy (non-hydrogen) atoms. The quantitative estimate of drug-likeness (QED) is 0.243. The van der Waals surface area contributed by atoms with Crippen molar-refractivity contribution in [1.82, 2.24) is 0 Å². The van der Waals surface area contributed by atoms with Gasteiger partial charge in [0.1, 0.15) is 48.8 Å². The molecule has 2 aliphatic rings. The van der Waals surface area contributed by atoms with Crippen molar-refractivity contribution >= 4 is 0 Å². The fraction of sp³-hybridized carbons (Fsp3) is 1.00. The number of ether oxygens (including phenoxy) is 3. The van der Waals surface area contributed by atoms with Crippen molar-refractivity contribution in [3.05, 3.63) is 0 Å². The molecule has 2 rings (SSSR count). The highest BCUT2D eigenvalue weighted by molar-refractivity contribution is 4.93. The van der Waals surface area contributed by atoms with Gasteiger partial charge in [0.05, 0.1) is 13.2 Å². The highest BCUT2D eigenvalue weighted by Gasteiger charge is 2.50. The highest BCUT2D eigenvalue weighted by Crippen LogP contribution is 2.28. The van der Waals surface area contributed by atoms with Crippen molar-refractivity contribution in [2.24, 2.45) is 0 Å². The molecule has 0 aromatic heterocycles. The van der Waals surface area contributed by atoms with Gasteiger partial charge in [0.2, 0.25) is 0 Å². The van der Waals surface area contributed by atoms with Gasteiger partial charge in [-0.3, -0.25) is 0 Å². The van der Waals surface area contributed by atoms with Crippen LogP contribution < -0.4 is 0 Å². The maximum Gasteiger partial charge on any atom is 0.187 e. The highest BCUT2D eigenvalue weighted by atomic mass is 16.7. The summed E-state index contributed by atoms with van der Waals surface area (Å²) < 4.78 is 15.3.